The van der Waals surface area contributed by atoms with E-state index >= 15 is 0 Å². The molecule has 1 aliphatic heterocycles. The number of esters is 1. The molecule has 4 nitrogen and oxygen atoms in total. The number of rotatable bonds is 2. The van der Waals surface area contributed by atoms with Crippen molar-refractivity contribution in [2.45, 2.75) is 19.6 Å². The molecular weight excluding hydrogens is 290 g/mol. The number of fused-ring (bicyclic) bond motifs is 2. The van der Waals surface area contributed by atoms with Gasteiger partial charge in [0.15, 0.2) is 0 Å². The van der Waals surface area contributed by atoms with Gasteiger partial charge < -0.3 is 9.47 Å². The maximum absolute atomic E-state index is 12.0. The molecule has 0 unspecified atom stereocenters. The molecule has 0 saturated carbocycles. The third kappa shape index (κ3) is 2.17. The van der Waals surface area contributed by atoms with E-state index in [1.165, 1.54) is 0 Å². The summed E-state index contributed by atoms with van der Waals surface area (Å²) in [6.07, 6.45) is -0.134. The van der Waals surface area contributed by atoms with Gasteiger partial charge in [-0.2, -0.15) is 5.26 Å². The predicted molar refractivity (Wildman–Crippen MR) is 84.4 cm³/mol. The first-order valence-corrected chi connectivity index (χ1v) is 7.63. The van der Waals surface area contributed by atoms with Crippen molar-refractivity contribution in [3.05, 3.63) is 53.6 Å². The number of cyclic esters (lactones) is 1. The zero-order valence-corrected chi connectivity index (χ0v) is 12.7. The lowest BCUT2D eigenvalue weighted by molar-refractivity contribution is -0.153. The molecule has 0 spiro atoms. The summed E-state index contributed by atoms with van der Waals surface area (Å²) in [6.45, 7) is 1.90. The van der Waals surface area contributed by atoms with Crippen LogP contribution >= 0.6 is 0 Å². The lowest BCUT2D eigenvalue weighted by Crippen LogP contribution is -2.25. The normalized spacial score (nSPS) is 26.1. The van der Waals surface area contributed by atoms with Crippen LogP contribution in [0.1, 0.15) is 13.3 Å². The van der Waals surface area contributed by atoms with Crippen molar-refractivity contribution in [3.8, 4) is 11.8 Å². The van der Waals surface area contributed by atoms with Crippen LogP contribution in [0.3, 0.4) is 0 Å². The quantitative estimate of drug-likeness (QED) is 0.796. The maximum Gasteiger partial charge on any atom is 0.313 e. The van der Waals surface area contributed by atoms with Gasteiger partial charge in [0.1, 0.15) is 5.75 Å². The number of allylic oxidation sites excluding steroid dienone is 1. The van der Waals surface area contributed by atoms with Crippen LogP contribution in [0.5, 0.6) is 5.75 Å². The fourth-order valence-corrected chi connectivity index (χ4v) is 3.53. The highest BCUT2D eigenvalue weighted by atomic mass is 16.7. The molecule has 0 bridgehead atoms. The molecule has 0 aromatic heterocycles. The van der Waals surface area contributed by atoms with E-state index in [0.29, 0.717) is 17.7 Å². The van der Waals surface area contributed by atoms with Crippen LogP contribution in [0, 0.1) is 23.2 Å². The predicted octanol–water partition coefficient (Wildman–Crippen LogP) is 3.58. The van der Waals surface area contributed by atoms with Gasteiger partial charge in [0.25, 0.3) is 6.29 Å². The van der Waals surface area contributed by atoms with Gasteiger partial charge in [-0.25, -0.2) is 0 Å². The van der Waals surface area contributed by atoms with E-state index in [4.69, 9.17) is 9.47 Å². The number of benzene rings is 2. The number of hydrogen-bond acceptors (Lipinski definition) is 4. The summed E-state index contributed by atoms with van der Waals surface area (Å²) in [7, 11) is 0. The van der Waals surface area contributed by atoms with Crippen LogP contribution in [0.2, 0.25) is 0 Å². The van der Waals surface area contributed by atoms with Gasteiger partial charge in [-0.1, -0.05) is 35.9 Å². The average Bonchev–Trinajstić information content (AvgIpc) is 3.04. The summed E-state index contributed by atoms with van der Waals surface area (Å²) in [5.74, 6) is -0.205. The minimum absolute atomic E-state index is 0.273. The number of hydrogen-bond donors (Lipinski definition) is 0. The van der Waals surface area contributed by atoms with Gasteiger partial charge in [-0.15, -0.1) is 0 Å². The first kappa shape index (κ1) is 13.8. The van der Waals surface area contributed by atoms with E-state index < -0.39 is 6.29 Å². The zero-order chi connectivity index (χ0) is 16.0. The highest BCUT2D eigenvalue weighted by molar-refractivity contribution is 5.83. The number of carbonyl (C=O) groups excluding carboxylic acids is 1. The zero-order valence-electron chi connectivity index (χ0n) is 12.7. The van der Waals surface area contributed by atoms with Gasteiger partial charge >= 0.3 is 5.97 Å². The van der Waals surface area contributed by atoms with Gasteiger partial charge in [-0.05, 0) is 36.2 Å². The van der Waals surface area contributed by atoms with Crippen molar-refractivity contribution in [3.63, 3.8) is 0 Å². The second-order valence-corrected chi connectivity index (χ2v) is 6.07. The Morgan fingerprint density at radius 1 is 1.22 bits per heavy atom. The number of nitriles is 1. The van der Waals surface area contributed by atoms with E-state index in [1.807, 2.05) is 49.4 Å². The van der Waals surface area contributed by atoms with Gasteiger partial charge in [-0.3, -0.25) is 4.79 Å². The van der Waals surface area contributed by atoms with Gasteiger partial charge in [0.2, 0.25) is 0 Å². The Labute approximate surface area is 133 Å². The van der Waals surface area contributed by atoms with Crippen LogP contribution in [-0.4, -0.2) is 12.3 Å². The molecule has 4 rings (SSSR count). The van der Waals surface area contributed by atoms with E-state index in [0.717, 1.165) is 16.3 Å². The largest absolute Gasteiger partial charge is 0.454 e. The van der Waals surface area contributed by atoms with Gasteiger partial charge in [0, 0.05) is 5.57 Å². The molecule has 4 heteroatoms. The molecule has 1 fully saturated rings. The second-order valence-electron chi connectivity index (χ2n) is 6.07. The molecule has 114 valence electrons. The van der Waals surface area contributed by atoms with Crippen LogP contribution in [0.25, 0.3) is 10.8 Å². The summed E-state index contributed by atoms with van der Waals surface area (Å²) in [4.78, 5) is 12.0. The third-order valence-electron chi connectivity index (χ3n) is 4.67. The van der Waals surface area contributed by atoms with Crippen LogP contribution in [0.15, 0.2) is 53.6 Å². The topological polar surface area (TPSA) is 59.3 Å². The monoisotopic (exact) mass is 305 g/mol. The Balaban J connectivity index is 1.65. The minimum Gasteiger partial charge on any atom is -0.454 e. The number of ether oxygens (including phenoxy) is 2. The van der Waals surface area contributed by atoms with Crippen molar-refractivity contribution in [2.24, 2.45) is 11.8 Å². The molecule has 2 aliphatic rings. The third-order valence-corrected chi connectivity index (χ3v) is 4.67. The molecule has 3 atom stereocenters. The van der Waals surface area contributed by atoms with Crippen molar-refractivity contribution < 1.29 is 14.3 Å². The van der Waals surface area contributed by atoms with E-state index in [9.17, 15) is 10.1 Å². The van der Waals surface area contributed by atoms with E-state index in [1.54, 1.807) is 0 Å². The van der Waals surface area contributed by atoms with Crippen molar-refractivity contribution >= 4 is 16.7 Å². The first-order chi connectivity index (χ1) is 11.2. The van der Waals surface area contributed by atoms with Crippen LogP contribution < -0.4 is 4.74 Å². The molecule has 0 radical (unpaired) electrons. The summed E-state index contributed by atoms with van der Waals surface area (Å²) >= 11 is 0. The lowest BCUT2D eigenvalue weighted by Gasteiger charge is -2.18. The van der Waals surface area contributed by atoms with Crippen molar-refractivity contribution in [1.82, 2.24) is 0 Å². The highest BCUT2D eigenvalue weighted by Crippen LogP contribution is 2.45. The number of nitrogens with zero attached hydrogens (tertiary/aromatic N) is 1. The highest BCUT2D eigenvalue weighted by Gasteiger charge is 2.52. The molecule has 1 heterocycles. The first-order valence-electron chi connectivity index (χ1n) is 7.63. The Kier molecular flexibility index (Phi) is 3.09. The second kappa shape index (κ2) is 5.13. The van der Waals surface area contributed by atoms with Crippen molar-refractivity contribution in [1.29, 1.82) is 5.26 Å². The summed E-state index contributed by atoms with van der Waals surface area (Å²) in [5, 5.41) is 11.5. The molecule has 2 aromatic carbocycles. The van der Waals surface area contributed by atoms with Crippen molar-refractivity contribution in [2.75, 3.05) is 0 Å². The number of carbonyl (C=O) groups is 1. The molecule has 1 aliphatic carbocycles. The average molecular weight is 305 g/mol. The van der Waals surface area contributed by atoms with E-state index in [2.05, 4.69) is 6.07 Å². The summed E-state index contributed by atoms with van der Waals surface area (Å²) in [6, 6.07) is 16.0. The van der Waals surface area contributed by atoms with Gasteiger partial charge in [0.05, 0.1) is 17.9 Å². The molecule has 0 N–H and O–H groups in total. The SMILES string of the molecule is CC1=C(C#N)[C@@H]2[C@@H](Oc3ccc4ccccc4c3)OC(=O)[C@@H]2C1. The summed E-state index contributed by atoms with van der Waals surface area (Å²) in [5.41, 5.74) is 1.60. The Hall–Kier alpha value is -2.80. The minimum atomic E-state index is -0.722. The fraction of sp³-hybridized carbons (Fsp3) is 0.263. The molecular formula is C19H15NO3. The molecule has 1 saturated heterocycles. The Morgan fingerprint density at radius 2 is 2.00 bits per heavy atom. The lowest BCUT2D eigenvalue weighted by atomic mass is 9.93. The van der Waals surface area contributed by atoms with Crippen LogP contribution in [-0.2, 0) is 9.53 Å². The molecule has 23 heavy (non-hydrogen) atoms. The smallest absolute Gasteiger partial charge is 0.313 e. The molecule has 2 aromatic rings. The Morgan fingerprint density at radius 3 is 2.78 bits per heavy atom. The van der Waals surface area contributed by atoms with E-state index in [-0.39, 0.29) is 17.8 Å². The summed E-state index contributed by atoms with van der Waals surface area (Å²) < 4.78 is 11.3. The molecule has 0 amide bonds. The maximum atomic E-state index is 12.0. The standard InChI is InChI=1S/C19H15NO3/c1-11-8-15-17(16(11)10-20)19(23-18(15)21)22-14-7-6-12-4-2-3-5-13(12)9-14/h2-7,9,15,17,19H,8H2,1H3/t15-,17-,19+/m1/s1. The Bertz CT molecular complexity index is 878. The van der Waals surface area contributed by atoms with Crippen LogP contribution in [0.4, 0.5) is 0 Å². The fourth-order valence-electron chi connectivity index (χ4n) is 3.53.